The lowest BCUT2D eigenvalue weighted by atomic mass is 10.2. The number of thioether (sulfide) groups is 1. The summed E-state index contributed by atoms with van der Waals surface area (Å²) in [6.45, 7) is 4.79. The summed E-state index contributed by atoms with van der Waals surface area (Å²) in [7, 11) is 0. The first-order valence-electron chi connectivity index (χ1n) is 8.25. The van der Waals surface area contributed by atoms with Gasteiger partial charge in [-0.25, -0.2) is 0 Å². The van der Waals surface area contributed by atoms with Crippen molar-refractivity contribution < 1.29 is 8.94 Å². The molecule has 27 heavy (non-hydrogen) atoms. The lowest BCUT2D eigenvalue weighted by Crippen LogP contribution is -2.07. The standard InChI is InChI=1S/C17H16BrN5O2S2/c1-10(2)16-20-21-17(23(16)7-12-4-3-5-24-12)27-9-14-19-15(22-25-14)13-6-11(18)8-26-13/h3-6,8,10H,7,9H2,1-2H3. The van der Waals surface area contributed by atoms with Crippen LogP contribution in [0.2, 0.25) is 0 Å². The van der Waals surface area contributed by atoms with E-state index in [0.717, 1.165) is 26.1 Å². The zero-order valence-corrected chi connectivity index (χ0v) is 17.8. The van der Waals surface area contributed by atoms with Crippen LogP contribution in [0.3, 0.4) is 0 Å². The summed E-state index contributed by atoms with van der Waals surface area (Å²) in [5, 5.41) is 15.5. The first kappa shape index (κ1) is 18.5. The van der Waals surface area contributed by atoms with Gasteiger partial charge in [0.25, 0.3) is 0 Å². The van der Waals surface area contributed by atoms with Crippen molar-refractivity contribution in [3.8, 4) is 10.7 Å². The first-order chi connectivity index (χ1) is 13.1. The van der Waals surface area contributed by atoms with Gasteiger partial charge in [-0.05, 0) is 34.1 Å². The molecule has 4 aromatic rings. The van der Waals surface area contributed by atoms with Crippen molar-refractivity contribution in [2.45, 2.75) is 37.2 Å². The monoisotopic (exact) mass is 465 g/mol. The van der Waals surface area contributed by atoms with Crippen molar-refractivity contribution >= 4 is 39.0 Å². The van der Waals surface area contributed by atoms with Gasteiger partial charge in [0.05, 0.1) is 23.4 Å². The smallest absolute Gasteiger partial charge is 0.237 e. The van der Waals surface area contributed by atoms with Gasteiger partial charge in [-0.2, -0.15) is 4.98 Å². The highest BCUT2D eigenvalue weighted by molar-refractivity contribution is 9.10. The van der Waals surface area contributed by atoms with Gasteiger partial charge >= 0.3 is 0 Å². The summed E-state index contributed by atoms with van der Waals surface area (Å²) in [5.74, 6) is 3.72. The van der Waals surface area contributed by atoms with Gasteiger partial charge in [-0.3, -0.25) is 4.57 Å². The molecule has 0 aliphatic rings. The second-order valence-corrected chi connectivity index (χ2v) is 8.86. The number of nitrogens with zero attached hydrogens (tertiary/aromatic N) is 5. The molecule has 4 aromatic heterocycles. The maximum Gasteiger partial charge on any atom is 0.237 e. The van der Waals surface area contributed by atoms with Gasteiger partial charge in [-0.1, -0.05) is 30.8 Å². The maximum atomic E-state index is 5.48. The molecule has 0 radical (unpaired) electrons. The number of furan rings is 1. The Kier molecular flexibility index (Phi) is 5.46. The molecule has 0 atom stereocenters. The molecule has 0 aromatic carbocycles. The number of rotatable bonds is 7. The van der Waals surface area contributed by atoms with Gasteiger partial charge in [0.15, 0.2) is 5.16 Å². The number of halogens is 1. The van der Waals surface area contributed by atoms with Crippen LogP contribution in [0.4, 0.5) is 0 Å². The summed E-state index contributed by atoms with van der Waals surface area (Å²) in [4.78, 5) is 5.43. The fraction of sp³-hybridized carbons (Fsp3) is 0.294. The minimum absolute atomic E-state index is 0.258. The molecule has 4 heterocycles. The molecule has 10 heteroatoms. The average molecular weight is 466 g/mol. The van der Waals surface area contributed by atoms with E-state index in [-0.39, 0.29) is 5.92 Å². The summed E-state index contributed by atoms with van der Waals surface area (Å²) >= 11 is 6.52. The van der Waals surface area contributed by atoms with Crippen LogP contribution in [0.5, 0.6) is 0 Å². The molecule has 0 fully saturated rings. The van der Waals surface area contributed by atoms with E-state index in [4.69, 9.17) is 8.94 Å². The van der Waals surface area contributed by atoms with Crippen LogP contribution in [-0.4, -0.2) is 24.9 Å². The van der Waals surface area contributed by atoms with Crippen LogP contribution < -0.4 is 0 Å². The quantitative estimate of drug-likeness (QED) is 0.346. The van der Waals surface area contributed by atoms with Gasteiger partial charge < -0.3 is 8.94 Å². The van der Waals surface area contributed by atoms with E-state index in [1.807, 2.05) is 23.6 Å². The largest absolute Gasteiger partial charge is 0.467 e. The van der Waals surface area contributed by atoms with Gasteiger partial charge in [-0.15, -0.1) is 21.5 Å². The Morgan fingerprint density at radius 1 is 1.33 bits per heavy atom. The minimum atomic E-state index is 0.258. The van der Waals surface area contributed by atoms with E-state index in [9.17, 15) is 0 Å². The minimum Gasteiger partial charge on any atom is -0.467 e. The molecule has 0 saturated carbocycles. The Bertz CT molecular complexity index is 1020. The van der Waals surface area contributed by atoms with Crippen molar-refractivity contribution in [3.63, 3.8) is 0 Å². The molecule has 0 aliphatic carbocycles. The Balaban J connectivity index is 1.50. The van der Waals surface area contributed by atoms with Crippen LogP contribution in [0.25, 0.3) is 10.7 Å². The van der Waals surface area contributed by atoms with Crippen molar-refractivity contribution in [3.05, 3.63) is 51.8 Å². The van der Waals surface area contributed by atoms with E-state index in [1.165, 1.54) is 11.8 Å². The third-order valence-corrected chi connectivity index (χ3v) is 6.38. The molecule has 0 amide bonds. The van der Waals surface area contributed by atoms with Crippen LogP contribution in [0, 0.1) is 0 Å². The van der Waals surface area contributed by atoms with Crippen molar-refractivity contribution in [1.29, 1.82) is 0 Å². The Hall–Kier alpha value is -1.91. The number of hydrogen-bond acceptors (Lipinski definition) is 8. The Labute approximate surface area is 172 Å². The summed E-state index contributed by atoms with van der Waals surface area (Å²) in [6.07, 6.45) is 1.67. The Morgan fingerprint density at radius 2 is 2.22 bits per heavy atom. The van der Waals surface area contributed by atoms with Crippen LogP contribution >= 0.6 is 39.0 Å². The summed E-state index contributed by atoms with van der Waals surface area (Å²) < 4.78 is 13.9. The van der Waals surface area contributed by atoms with E-state index in [0.29, 0.717) is 24.0 Å². The fourth-order valence-electron chi connectivity index (χ4n) is 2.51. The number of thiophene rings is 1. The molecule has 4 rings (SSSR count). The SMILES string of the molecule is CC(C)c1nnc(SCc2nc(-c3cc(Br)cs3)no2)n1Cc1ccco1. The van der Waals surface area contributed by atoms with Gasteiger partial charge in [0, 0.05) is 15.8 Å². The third kappa shape index (κ3) is 4.17. The molecule has 0 aliphatic heterocycles. The van der Waals surface area contributed by atoms with E-state index < -0.39 is 0 Å². The van der Waals surface area contributed by atoms with Crippen LogP contribution in [-0.2, 0) is 12.3 Å². The van der Waals surface area contributed by atoms with Crippen molar-refractivity contribution in [2.75, 3.05) is 0 Å². The van der Waals surface area contributed by atoms with E-state index in [2.05, 4.69) is 54.7 Å². The number of hydrogen-bond donors (Lipinski definition) is 0. The van der Waals surface area contributed by atoms with Crippen molar-refractivity contribution in [1.82, 2.24) is 24.9 Å². The van der Waals surface area contributed by atoms with Crippen LogP contribution in [0.1, 0.15) is 37.2 Å². The lowest BCUT2D eigenvalue weighted by Gasteiger charge is -2.10. The highest BCUT2D eigenvalue weighted by Gasteiger charge is 2.18. The average Bonchev–Trinajstić information content (AvgIpc) is 3.41. The zero-order chi connectivity index (χ0) is 18.8. The Morgan fingerprint density at radius 3 is 2.93 bits per heavy atom. The molecule has 0 unspecified atom stereocenters. The van der Waals surface area contributed by atoms with Gasteiger partial charge in [0.1, 0.15) is 11.6 Å². The molecular formula is C17H16BrN5O2S2. The molecular weight excluding hydrogens is 450 g/mol. The molecule has 0 N–H and O–H groups in total. The summed E-state index contributed by atoms with van der Waals surface area (Å²) in [6, 6.07) is 5.80. The topological polar surface area (TPSA) is 82.8 Å². The number of aromatic nitrogens is 5. The first-order valence-corrected chi connectivity index (χ1v) is 10.9. The highest BCUT2D eigenvalue weighted by atomic mass is 79.9. The normalized spacial score (nSPS) is 11.6. The molecule has 140 valence electrons. The zero-order valence-electron chi connectivity index (χ0n) is 14.6. The lowest BCUT2D eigenvalue weighted by molar-refractivity contribution is 0.391. The maximum absolute atomic E-state index is 5.48. The molecule has 0 spiro atoms. The third-order valence-electron chi connectivity index (χ3n) is 3.74. The van der Waals surface area contributed by atoms with E-state index in [1.54, 1.807) is 17.6 Å². The predicted octanol–water partition coefficient (Wildman–Crippen LogP) is 5.21. The highest BCUT2D eigenvalue weighted by Crippen LogP contribution is 2.29. The molecule has 7 nitrogen and oxygen atoms in total. The van der Waals surface area contributed by atoms with E-state index >= 15 is 0 Å². The molecule has 0 saturated heterocycles. The van der Waals surface area contributed by atoms with Gasteiger partial charge in [0.2, 0.25) is 11.7 Å². The second kappa shape index (κ2) is 7.99. The van der Waals surface area contributed by atoms with Crippen molar-refractivity contribution in [2.24, 2.45) is 0 Å². The second-order valence-electron chi connectivity index (χ2n) is 6.09. The summed E-state index contributed by atoms with van der Waals surface area (Å²) in [5.41, 5.74) is 0. The fourth-order valence-corrected chi connectivity index (χ4v) is 4.65. The molecule has 0 bridgehead atoms. The predicted molar refractivity (Wildman–Crippen MR) is 107 cm³/mol. The van der Waals surface area contributed by atoms with Crippen LogP contribution in [0.15, 0.2) is 48.4 Å².